The van der Waals surface area contributed by atoms with E-state index in [0.717, 1.165) is 16.5 Å². The first-order valence-electron chi connectivity index (χ1n) is 9.81. The molecule has 0 aromatic heterocycles. The average molecular weight is 444 g/mol. The Balaban J connectivity index is 1.54. The van der Waals surface area contributed by atoms with Gasteiger partial charge < -0.3 is 4.74 Å². The lowest BCUT2D eigenvalue weighted by Gasteiger charge is -2.14. The monoisotopic (exact) mass is 444 g/mol. The number of benzene rings is 3. The van der Waals surface area contributed by atoms with Gasteiger partial charge in [-0.2, -0.15) is 0 Å². The van der Waals surface area contributed by atoms with Crippen LogP contribution in [0.1, 0.15) is 47.0 Å². The van der Waals surface area contributed by atoms with Gasteiger partial charge in [0, 0.05) is 11.6 Å². The van der Waals surface area contributed by atoms with Crippen molar-refractivity contribution in [2.75, 3.05) is 11.5 Å². The van der Waals surface area contributed by atoms with E-state index in [4.69, 9.17) is 4.74 Å². The van der Waals surface area contributed by atoms with E-state index >= 15 is 0 Å². The Labute approximate surface area is 187 Å². The van der Waals surface area contributed by atoms with Crippen LogP contribution < -0.4 is 4.90 Å². The van der Waals surface area contributed by atoms with E-state index in [1.54, 1.807) is 24.3 Å². The normalized spacial score (nSPS) is 12.5. The second kappa shape index (κ2) is 8.46. The number of ketones is 1. The van der Waals surface area contributed by atoms with Crippen molar-refractivity contribution < 1.29 is 28.8 Å². The standard InChI is InChI=1S/C24H16N2O7/c1-14-8-10-15(11-9-14)20(27)13-33-24(30)16-4-2-5-17(12-16)25-22(28)18-6-3-7-19(26(31)32)21(18)23(25)29/h2-12H,13H2,1H3. The van der Waals surface area contributed by atoms with E-state index in [2.05, 4.69) is 0 Å². The summed E-state index contributed by atoms with van der Waals surface area (Å²) in [5.41, 5.74) is 0.576. The van der Waals surface area contributed by atoms with Gasteiger partial charge in [-0.05, 0) is 31.2 Å². The zero-order chi connectivity index (χ0) is 23.7. The van der Waals surface area contributed by atoms with Crippen molar-refractivity contribution in [2.45, 2.75) is 6.92 Å². The summed E-state index contributed by atoms with van der Waals surface area (Å²) in [6, 6.07) is 16.1. The number of fused-ring (bicyclic) bond motifs is 1. The molecule has 2 amide bonds. The highest BCUT2D eigenvalue weighted by atomic mass is 16.6. The maximum Gasteiger partial charge on any atom is 0.338 e. The zero-order valence-corrected chi connectivity index (χ0v) is 17.3. The first kappa shape index (κ1) is 21.6. The number of imide groups is 1. The molecule has 1 aliphatic rings. The van der Waals surface area contributed by atoms with E-state index in [1.165, 1.54) is 36.4 Å². The Morgan fingerprint density at radius 3 is 2.33 bits per heavy atom. The van der Waals surface area contributed by atoms with Crippen molar-refractivity contribution in [1.82, 2.24) is 0 Å². The number of Topliss-reactive ketones (excluding diaryl/α,β-unsaturated/α-hetero) is 1. The van der Waals surface area contributed by atoms with E-state index in [1.807, 2.05) is 6.92 Å². The average Bonchev–Trinajstić information content (AvgIpc) is 3.07. The molecule has 0 unspecified atom stereocenters. The summed E-state index contributed by atoms with van der Waals surface area (Å²) in [4.78, 5) is 61.7. The van der Waals surface area contributed by atoms with Crippen LogP contribution in [0.3, 0.4) is 0 Å². The Morgan fingerprint density at radius 2 is 1.64 bits per heavy atom. The van der Waals surface area contributed by atoms with Crippen LogP contribution in [-0.4, -0.2) is 35.1 Å². The van der Waals surface area contributed by atoms with Gasteiger partial charge in [0.1, 0.15) is 5.56 Å². The van der Waals surface area contributed by atoms with Crippen molar-refractivity contribution >= 4 is 34.9 Å². The second-order valence-corrected chi connectivity index (χ2v) is 7.32. The van der Waals surface area contributed by atoms with E-state index in [-0.39, 0.29) is 28.2 Å². The topological polar surface area (TPSA) is 124 Å². The van der Waals surface area contributed by atoms with Crippen LogP contribution in [0.15, 0.2) is 66.7 Å². The molecular formula is C24H16N2O7. The molecule has 0 spiro atoms. The van der Waals surface area contributed by atoms with Gasteiger partial charge in [0.2, 0.25) is 0 Å². The Morgan fingerprint density at radius 1 is 0.939 bits per heavy atom. The molecule has 3 aromatic carbocycles. The summed E-state index contributed by atoms with van der Waals surface area (Å²) in [5, 5.41) is 11.3. The Hall–Kier alpha value is -4.66. The third-order valence-corrected chi connectivity index (χ3v) is 5.14. The van der Waals surface area contributed by atoms with Crippen LogP contribution in [0, 0.1) is 17.0 Å². The number of nitrogens with zero attached hydrogens (tertiary/aromatic N) is 2. The molecule has 164 valence electrons. The van der Waals surface area contributed by atoms with Gasteiger partial charge in [-0.15, -0.1) is 0 Å². The molecule has 0 bridgehead atoms. The van der Waals surface area contributed by atoms with Crippen LogP contribution in [0.5, 0.6) is 0 Å². The fourth-order valence-corrected chi connectivity index (χ4v) is 3.46. The van der Waals surface area contributed by atoms with Crippen molar-refractivity contribution in [2.24, 2.45) is 0 Å². The summed E-state index contributed by atoms with van der Waals surface area (Å²) in [5.74, 6) is -2.80. The van der Waals surface area contributed by atoms with Gasteiger partial charge in [-0.25, -0.2) is 9.69 Å². The van der Waals surface area contributed by atoms with Crippen molar-refractivity contribution in [3.05, 3.63) is 105 Å². The summed E-state index contributed by atoms with van der Waals surface area (Å²) in [6.07, 6.45) is 0. The van der Waals surface area contributed by atoms with Gasteiger partial charge in [-0.1, -0.05) is 42.0 Å². The fourth-order valence-electron chi connectivity index (χ4n) is 3.46. The molecule has 0 aliphatic carbocycles. The molecule has 1 aliphatic heterocycles. The van der Waals surface area contributed by atoms with Gasteiger partial charge in [-0.3, -0.25) is 24.5 Å². The van der Waals surface area contributed by atoms with Crippen LogP contribution in [0.25, 0.3) is 0 Å². The molecule has 0 fully saturated rings. The van der Waals surface area contributed by atoms with Gasteiger partial charge in [0.15, 0.2) is 12.4 Å². The van der Waals surface area contributed by atoms with E-state index in [0.29, 0.717) is 5.56 Å². The summed E-state index contributed by atoms with van der Waals surface area (Å²) >= 11 is 0. The van der Waals surface area contributed by atoms with Crippen molar-refractivity contribution in [1.29, 1.82) is 0 Å². The lowest BCUT2D eigenvalue weighted by molar-refractivity contribution is -0.385. The van der Waals surface area contributed by atoms with Crippen LogP contribution in [-0.2, 0) is 4.74 Å². The Bertz CT molecular complexity index is 1330. The van der Waals surface area contributed by atoms with Crippen molar-refractivity contribution in [3.8, 4) is 0 Å². The molecule has 9 nitrogen and oxygen atoms in total. The molecule has 4 rings (SSSR count). The van der Waals surface area contributed by atoms with Gasteiger partial charge in [0.25, 0.3) is 17.5 Å². The fraction of sp³-hybridized carbons (Fsp3) is 0.0833. The van der Waals surface area contributed by atoms with Crippen LogP contribution in [0.4, 0.5) is 11.4 Å². The third kappa shape index (κ3) is 3.99. The zero-order valence-electron chi connectivity index (χ0n) is 17.3. The van der Waals surface area contributed by atoms with Crippen LogP contribution >= 0.6 is 0 Å². The number of esters is 1. The van der Waals surface area contributed by atoms with Gasteiger partial charge in [0.05, 0.1) is 21.7 Å². The molecular weight excluding hydrogens is 428 g/mol. The number of nitro benzene ring substituents is 1. The lowest BCUT2D eigenvalue weighted by Crippen LogP contribution is -2.29. The smallest absolute Gasteiger partial charge is 0.338 e. The third-order valence-electron chi connectivity index (χ3n) is 5.14. The van der Waals surface area contributed by atoms with Crippen molar-refractivity contribution in [3.63, 3.8) is 0 Å². The first-order chi connectivity index (χ1) is 15.8. The quantitative estimate of drug-likeness (QED) is 0.186. The predicted molar refractivity (Wildman–Crippen MR) is 116 cm³/mol. The lowest BCUT2D eigenvalue weighted by atomic mass is 10.1. The highest BCUT2D eigenvalue weighted by Gasteiger charge is 2.41. The van der Waals surface area contributed by atoms with Crippen LogP contribution in [0.2, 0.25) is 0 Å². The number of ether oxygens (including phenoxy) is 1. The minimum atomic E-state index is -0.859. The summed E-state index contributed by atoms with van der Waals surface area (Å²) in [6.45, 7) is 1.40. The number of aryl methyl sites for hydroxylation is 1. The molecule has 0 N–H and O–H groups in total. The number of anilines is 1. The molecule has 1 heterocycles. The molecule has 0 saturated carbocycles. The second-order valence-electron chi connectivity index (χ2n) is 7.32. The number of hydrogen-bond acceptors (Lipinski definition) is 7. The predicted octanol–water partition coefficient (Wildman–Crippen LogP) is 3.74. The summed E-state index contributed by atoms with van der Waals surface area (Å²) < 4.78 is 5.09. The number of hydrogen-bond donors (Lipinski definition) is 0. The highest BCUT2D eigenvalue weighted by molar-refractivity contribution is 6.35. The van der Waals surface area contributed by atoms with E-state index < -0.39 is 35.0 Å². The largest absolute Gasteiger partial charge is 0.454 e. The maximum absolute atomic E-state index is 12.8. The number of carbonyl (C=O) groups excluding carboxylic acids is 4. The molecule has 33 heavy (non-hydrogen) atoms. The number of rotatable bonds is 6. The molecule has 0 radical (unpaired) electrons. The maximum atomic E-state index is 12.8. The minimum Gasteiger partial charge on any atom is -0.454 e. The first-order valence-corrected chi connectivity index (χ1v) is 9.81. The molecule has 3 aromatic rings. The number of amides is 2. The highest BCUT2D eigenvalue weighted by Crippen LogP contribution is 2.34. The number of nitro groups is 1. The Kier molecular flexibility index (Phi) is 5.53. The molecule has 0 atom stereocenters. The van der Waals surface area contributed by atoms with Gasteiger partial charge >= 0.3 is 5.97 Å². The number of carbonyl (C=O) groups is 4. The molecule has 0 saturated heterocycles. The van der Waals surface area contributed by atoms with E-state index in [9.17, 15) is 29.3 Å². The SMILES string of the molecule is Cc1ccc(C(=O)COC(=O)c2cccc(N3C(=O)c4cccc([N+](=O)[O-])c4C3=O)c2)cc1. The minimum absolute atomic E-state index is 0.00950. The molecule has 9 heteroatoms. The summed E-state index contributed by atoms with van der Waals surface area (Å²) in [7, 11) is 0.